The molecule has 0 aliphatic carbocycles. The summed E-state index contributed by atoms with van der Waals surface area (Å²) in [7, 11) is 1.56. The quantitative estimate of drug-likeness (QED) is 0.813. The lowest BCUT2D eigenvalue weighted by molar-refractivity contribution is 0.379. The topological polar surface area (TPSA) is 72.0 Å². The zero-order valence-corrected chi connectivity index (χ0v) is 11.6. The van der Waals surface area contributed by atoms with E-state index in [0.717, 1.165) is 25.1 Å². The van der Waals surface area contributed by atoms with E-state index in [-0.39, 0.29) is 0 Å². The molecule has 1 atom stereocenters. The SMILES string of the molecule is CCCNc1nc(NC2CCSC2)nc(OC)n1. The first-order valence-corrected chi connectivity index (χ1v) is 7.35. The standard InChI is InChI=1S/C11H19N5OS/c1-3-5-12-9-14-10(16-11(15-9)17-2)13-8-4-6-18-7-8/h8H,3-7H2,1-2H3,(H2,12,13,14,15,16). The molecule has 0 spiro atoms. The van der Waals surface area contributed by atoms with Crippen LogP contribution in [0.1, 0.15) is 19.8 Å². The Labute approximate surface area is 111 Å². The number of nitrogens with zero attached hydrogens (tertiary/aromatic N) is 3. The van der Waals surface area contributed by atoms with Crippen molar-refractivity contribution in [2.45, 2.75) is 25.8 Å². The van der Waals surface area contributed by atoms with Gasteiger partial charge in [-0.1, -0.05) is 6.92 Å². The number of nitrogens with one attached hydrogen (secondary N) is 2. The molecule has 1 fully saturated rings. The van der Waals surface area contributed by atoms with Crippen molar-refractivity contribution in [2.24, 2.45) is 0 Å². The Morgan fingerprint density at radius 3 is 2.83 bits per heavy atom. The number of ether oxygens (including phenoxy) is 1. The number of hydrogen-bond acceptors (Lipinski definition) is 7. The summed E-state index contributed by atoms with van der Waals surface area (Å²) in [6.07, 6.45) is 2.17. The predicted molar refractivity (Wildman–Crippen MR) is 74.5 cm³/mol. The lowest BCUT2D eigenvalue weighted by Crippen LogP contribution is -2.21. The van der Waals surface area contributed by atoms with Crippen LogP contribution in [0.3, 0.4) is 0 Å². The fourth-order valence-electron chi connectivity index (χ4n) is 1.66. The van der Waals surface area contributed by atoms with Gasteiger partial charge in [0.2, 0.25) is 11.9 Å². The summed E-state index contributed by atoms with van der Waals surface area (Å²) < 4.78 is 5.09. The van der Waals surface area contributed by atoms with Crippen LogP contribution < -0.4 is 15.4 Å². The molecule has 0 saturated carbocycles. The summed E-state index contributed by atoms with van der Waals surface area (Å²) in [5.74, 6) is 3.46. The summed E-state index contributed by atoms with van der Waals surface area (Å²) in [6.45, 7) is 2.94. The summed E-state index contributed by atoms with van der Waals surface area (Å²) in [5, 5.41) is 6.48. The third-order valence-electron chi connectivity index (χ3n) is 2.59. The maximum absolute atomic E-state index is 5.09. The van der Waals surface area contributed by atoms with Crippen molar-refractivity contribution in [1.29, 1.82) is 0 Å². The normalized spacial score (nSPS) is 18.7. The summed E-state index contributed by atoms with van der Waals surface area (Å²) in [4.78, 5) is 12.7. The molecule has 0 amide bonds. The van der Waals surface area contributed by atoms with Crippen LogP contribution in [0.15, 0.2) is 0 Å². The van der Waals surface area contributed by atoms with Crippen molar-refractivity contribution in [2.75, 3.05) is 35.8 Å². The van der Waals surface area contributed by atoms with E-state index < -0.39 is 0 Å². The van der Waals surface area contributed by atoms with Gasteiger partial charge in [-0.25, -0.2) is 0 Å². The number of hydrogen-bond donors (Lipinski definition) is 2. The number of thioether (sulfide) groups is 1. The fraction of sp³-hybridized carbons (Fsp3) is 0.727. The monoisotopic (exact) mass is 269 g/mol. The second-order valence-corrected chi connectivity index (χ2v) is 5.25. The third-order valence-corrected chi connectivity index (χ3v) is 3.76. The minimum Gasteiger partial charge on any atom is -0.467 e. The highest BCUT2D eigenvalue weighted by Crippen LogP contribution is 2.21. The van der Waals surface area contributed by atoms with Crippen molar-refractivity contribution >= 4 is 23.7 Å². The van der Waals surface area contributed by atoms with Gasteiger partial charge in [0.25, 0.3) is 0 Å². The Morgan fingerprint density at radius 1 is 1.33 bits per heavy atom. The molecule has 1 saturated heterocycles. The highest BCUT2D eigenvalue weighted by molar-refractivity contribution is 7.99. The van der Waals surface area contributed by atoms with E-state index >= 15 is 0 Å². The summed E-state index contributed by atoms with van der Waals surface area (Å²) in [6, 6.07) is 0.790. The zero-order chi connectivity index (χ0) is 12.8. The van der Waals surface area contributed by atoms with Gasteiger partial charge in [0.05, 0.1) is 7.11 Å². The molecule has 18 heavy (non-hydrogen) atoms. The first-order chi connectivity index (χ1) is 8.81. The Morgan fingerprint density at radius 2 is 2.17 bits per heavy atom. The molecule has 2 rings (SSSR count). The van der Waals surface area contributed by atoms with Gasteiger partial charge >= 0.3 is 6.01 Å². The van der Waals surface area contributed by atoms with E-state index in [1.165, 1.54) is 5.75 Å². The van der Waals surface area contributed by atoms with Crippen LogP contribution in [0.4, 0.5) is 11.9 Å². The molecule has 0 aromatic carbocycles. The average molecular weight is 269 g/mol. The molecule has 100 valence electrons. The number of anilines is 2. The molecule has 1 aromatic heterocycles. The molecule has 7 heteroatoms. The van der Waals surface area contributed by atoms with Gasteiger partial charge in [0.15, 0.2) is 0 Å². The molecule has 2 N–H and O–H groups in total. The molecular weight excluding hydrogens is 250 g/mol. The van der Waals surface area contributed by atoms with Gasteiger partial charge in [-0.05, 0) is 18.6 Å². The van der Waals surface area contributed by atoms with E-state index in [1.54, 1.807) is 7.11 Å². The van der Waals surface area contributed by atoms with E-state index in [2.05, 4.69) is 32.5 Å². The molecule has 1 aromatic rings. The molecule has 1 aliphatic heterocycles. The minimum atomic E-state index is 0.344. The smallest absolute Gasteiger partial charge is 0.322 e. The van der Waals surface area contributed by atoms with Gasteiger partial charge in [-0.15, -0.1) is 0 Å². The number of methoxy groups -OCH3 is 1. The number of aromatic nitrogens is 3. The van der Waals surface area contributed by atoms with E-state index in [0.29, 0.717) is 23.9 Å². The Hall–Kier alpha value is -1.24. The van der Waals surface area contributed by atoms with Crippen LogP contribution in [0.5, 0.6) is 6.01 Å². The maximum Gasteiger partial charge on any atom is 0.322 e. The van der Waals surface area contributed by atoms with Crippen LogP contribution >= 0.6 is 11.8 Å². The largest absolute Gasteiger partial charge is 0.467 e. The van der Waals surface area contributed by atoms with Crippen molar-refractivity contribution in [3.05, 3.63) is 0 Å². The van der Waals surface area contributed by atoms with Gasteiger partial charge in [0, 0.05) is 18.3 Å². The van der Waals surface area contributed by atoms with Gasteiger partial charge in [-0.3, -0.25) is 0 Å². The number of rotatable bonds is 6. The van der Waals surface area contributed by atoms with Gasteiger partial charge in [0.1, 0.15) is 0 Å². The highest BCUT2D eigenvalue weighted by Gasteiger charge is 2.17. The molecule has 0 bridgehead atoms. The molecule has 0 radical (unpaired) electrons. The molecule has 1 aliphatic rings. The van der Waals surface area contributed by atoms with E-state index in [4.69, 9.17) is 4.74 Å². The zero-order valence-electron chi connectivity index (χ0n) is 10.8. The summed E-state index contributed by atoms with van der Waals surface area (Å²) >= 11 is 1.95. The van der Waals surface area contributed by atoms with Crippen LogP contribution in [0, 0.1) is 0 Å². The van der Waals surface area contributed by atoms with Crippen molar-refractivity contribution < 1.29 is 4.74 Å². The lowest BCUT2D eigenvalue weighted by atomic mass is 10.3. The Kier molecular flexibility index (Phi) is 4.86. The van der Waals surface area contributed by atoms with Crippen LogP contribution in [-0.4, -0.2) is 46.2 Å². The van der Waals surface area contributed by atoms with Crippen molar-refractivity contribution in [1.82, 2.24) is 15.0 Å². The van der Waals surface area contributed by atoms with Crippen LogP contribution in [0.25, 0.3) is 0 Å². The Balaban J connectivity index is 2.06. The third kappa shape index (κ3) is 3.63. The van der Waals surface area contributed by atoms with Crippen LogP contribution in [-0.2, 0) is 0 Å². The second kappa shape index (κ2) is 6.63. The van der Waals surface area contributed by atoms with Gasteiger partial charge in [-0.2, -0.15) is 26.7 Å². The molecular formula is C11H19N5OS. The predicted octanol–water partition coefficient (Wildman–Crippen LogP) is 1.62. The Bertz CT molecular complexity index is 384. The minimum absolute atomic E-state index is 0.344. The van der Waals surface area contributed by atoms with Crippen molar-refractivity contribution in [3.8, 4) is 6.01 Å². The highest BCUT2D eigenvalue weighted by atomic mass is 32.2. The molecule has 1 unspecified atom stereocenters. The van der Waals surface area contributed by atoms with Gasteiger partial charge < -0.3 is 15.4 Å². The van der Waals surface area contributed by atoms with Crippen LogP contribution in [0.2, 0.25) is 0 Å². The fourth-order valence-corrected chi connectivity index (χ4v) is 2.81. The second-order valence-electron chi connectivity index (χ2n) is 4.10. The first-order valence-electron chi connectivity index (χ1n) is 6.20. The summed E-state index contributed by atoms with van der Waals surface area (Å²) in [5.41, 5.74) is 0. The maximum atomic E-state index is 5.09. The van der Waals surface area contributed by atoms with Crippen molar-refractivity contribution in [3.63, 3.8) is 0 Å². The van der Waals surface area contributed by atoms with E-state index in [1.807, 2.05) is 11.8 Å². The lowest BCUT2D eigenvalue weighted by Gasteiger charge is -2.12. The average Bonchev–Trinajstić information content (AvgIpc) is 2.89. The molecule has 6 nitrogen and oxygen atoms in total. The first kappa shape index (κ1) is 13.2. The molecule has 2 heterocycles. The van der Waals surface area contributed by atoms with E-state index in [9.17, 15) is 0 Å².